The van der Waals surface area contributed by atoms with Gasteiger partial charge in [-0.3, -0.25) is 0 Å². The molecule has 1 fully saturated rings. The molecule has 1 nitrogen and oxygen atoms in total. The van der Waals surface area contributed by atoms with Crippen molar-refractivity contribution < 1.29 is 4.74 Å². The maximum absolute atomic E-state index is 5.85. The molecule has 0 N–H and O–H groups in total. The van der Waals surface area contributed by atoms with Gasteiger partial charge in [0.05, 0.1) is 12.2 Å². The van der Waals surface area contributed by atoms with Gasteiger partial charge in [0, 0.05) is 5.92 Å². The standard InChI is InChI=1S/C12H20O/c1-5-6-12-11(9(2)3)8-7-10(4)13-12/h5-6,10-12H,2,7-8H2,1,3-4H3/b6-5+/t10-,11-,12-/m1/s1. The Morgan fingerprint density at radius 3 is 2.69 bits per heavy atom. The molecule has 1 aliphatic rings. The van der Waals surface area contributed by atoms with Crippen LogP contribution in [0.25, 0.3) is 0 Å². The molecule has 0 aromatic rings. The minimum atomic E-state index is 0.256. The molecule has 0 radical (unpaired) electrons. The Morgan fingerprint density at radius 2 is 2.15 bits per heavy atom. The van der Waals surface area contributed by atoms with Crippen LogP contribution in [0.5, 0.6) is 0 Å². The number of hydrogen-bond donors (Lipinski definition) is 0. The van der Waals surface area contributed by atoms with E-state index in [1.54, 1.807) is 0 Å². The molecule has 0 amide bonds. The molecule has 0 saturated carbocycles. The lowest BCUT2D eigenvalue weighted by molar-refractivity contribution is -0.0390. The molecular formula is C12H20O. The van der Waals surface area contributed by atoms with E-state index in [4.69, 9.17) is 4.74 Å². The summed E-state index contributed by atoms with van der Waals surface area (Å²) < 4.78 is 5.85. The van der Waals surface area contributed by atoms with Crippen LogP contribution in [0.4, 0.5) is 0 Å². The lowest BCUT2D eigenvalue weighted by Gasteiger charge is -2.34. The summed E-state index contributed by atoms with van der Waals surface area (Å²) in [6.45, 7) is 10.3. The van der Waals surface area contributed by atoms with Gasteiger partial charge in [0.15, 0.2) is 0 Å². The van der Waals surface area contributed by atoms with Crippen molar-refractivity contribution in [1.29, 1.82) is 0 Å². The van der Waals surface area contributed by atoms with E-state index in [0.29, 0.717) is 12.0 Å². The fraction of sp³-hybridized carbons (Fsp3) is 0.667. The van der Waals surface area contributed by atoms with Crippen molar-refractivity contribution in [1.82, 2.24) is 0 Å². The first-order valence-corrected chi connectivity index (χ1v) is 5.08. The number of rotatable bonds is 2. The SMILES string of the molecule is C=C(C)[C@H]1CC[C@@H](C)O[C@@H]1/C=C/C. The summed E-state index contributed by atoms with van der Waals surface area (Å²) in [5.74, 6) is 0.521. The molecule has 13 heavy (non-hydrogen) atoms. The third kappa shape index (κ3) is 2.70. The average molecular weight is 180 g/mol. The first kappa shape index (κ1) is 10.5. The Hall–Kier alpha value is -0.560. The molecule has 1 heteroatoms. The minimum absolute atomic E-state index is 0.256. The van der Waals surface area contributed by atoms with Crippen LogP contribution in [0, 0.1) is 5.92 Å². The van der Waals surface area contributed by atoms with Crippen LogP contribution in [0.1, 0.15) is 33.6 Å². The zero-order chi connectivity index (χ0) is 9.84. The molecule has 0 aromatic heterocycles. The summed E-state index contributed by atoms with van der Waals surface area (Å²) in [6, 6.07) is 0. The monoisotopic (exact) mass is 180 g/mol. The highest BCUT2D eigenvalue weighted by molar-refractivity contribution is 5.07. The average Bonchev–Trinajstić information content (AvgIpc) is 2.04. The van der Waals surface area contributed by atoms with Crippen LogP contribution in [-0.4, -0.2) is 12.2 Å². The quantitative estimate of drug-likeness (QED) is 0.592. The highest BCUT2D eigenvalue weighted by Gasteiger charge is 2.27. The van der Waals surface area contributed by atoms with Gasteiger partial charge < -0.3 is 4.74 Å². The minimum Gasteiger partial charge on any atom is -0.371 e. The molecule has 0 aliphatic carbocycles. The van der Waals surface area contributed by atoms with Crippen LogP contribution < -0.4 is 0 Å². The number of hydrogen-bond acceptors (Lipinski definition) is 1. The lowest BCUT2D eigenvalue weighted by atomic mass is 9.87. The normalized spacial score (nSPS) is 35.2. The van der Waals surface area contributed by atoms with Gasteiger partial charge in [-0.15, -0.1) is 0 Å². The Kier molecular flexibility index (Phi) is 3.73. The van der Waals surface area contributed by atoms with Gasteiger partial charge in [0.1, 0.15) is 0 Å². The van der Waals surface area contributed by atoms with Crippen molar-refractivity contribution in [2.24, 2.45) is 5.92 Å². The molecule has 0 spiro atoms. The molecule has 0 bridgehead atoms. The largest absolute Gasteiger partial charge is 0.371 e. The zero-order valence-corrected chi connectivity index (χ0v) is 8.92. The highest BCUT2D eigenvalue weighted by Crippen LogP contribution is 2.30. The van der Waals surface area contributed by atoms with Crippen LogP contribution in [-0.2, 0) is 4.74 Å². The van der Waals surface area contributed by atoms with Crippen molar-refractivity contribution in [2.75, 3.05) is 0 Å². The van der Waals surface area contributed by atoms with Crippen molar-refractivity contribution in [3.8, 4) is 0 Å². The molecule has 1 heterocycles. The maximum Gasteiger partial charge on any atom is 0.0824 e. The highest BCUT2D eigenvalue weighted by atomic mass is 16.5. The first-order chi connectivity index (χ1) is 6.15. The Morgan fingerprint density at radius 1 is 1.46 bits per heavy atom. The first-order valence-electron chi connectivity index (χ1n) is 5.08. The van der Waals surface area contributed by atoms with E-state index in [-0.39, 0.29) is 6.10 Å². The van der Waals surface area contributed by atoms with E-state index < -0.39 is 0 Å². The van der Waals surface area contributed by atoms with Crippen molar-refractivity contribution >= 4 is 0 Å². The Bertz CT molecular complexity index is 205. The Balaban J connectivity index is 2.65. The molecule has 3 atom stereocenters. The molecule has 74 valence electrons. The van der Waals surface area contributed by atoms with Crippen LogP contribution in [0.3, 0.4) is 0 Å². The summed E-state index contributed by atoms with van der Waals surface area (Å²) in [4.78, 5) is 0. The topological polar surface area (TPSA) is 9.23 Å². The van der Waals surface area contributed by atoms with Crippen LogP contribution in [0.2, 0.25) is 0 Å². The molecule has 0 unspecified atom stereocenters. The lowest BCUT2D eigenvalue weighted by Crippen LogP contribution is -2.32. The second-order valence-corrected chi connectivity index (χ2v) is 3.97. The van der Waals surface area contributed by atoms with Crippen molar-refractivity contribution in [3.05, 3.63) is 24.3 Å². The molecule has 0 aromatic carbocycles. The van der Waals surface area contributed by atoms with Crippen LogP contribution in [0.15, 0.2) is 24.3 Å². The summed E-state index contributed by atoms with van der Waals surface area (Å²) in [5, 5.41) is 0. The molecule has 1 rings (SSSR count). The van der Waals surface area contributed by atoms with Gasteiger partial charge in [0.25, 0.3) is 0 Å². The van der Waals surface area contributed by atoms with E-state index in [1.807, 2.05) is 6.92 Å². The van der Waals surface area contributed by atoms with Gasteiger partial charge in [-0.25, -0.2) is 0 Å². The fourth-order valence-electron chi connectivity index (χ4n) is 1.91. The van der Waals surface area contributed by atoms with E-state index >= 15 is 0 Å². The second kappa shape index (κ2) is 4.61. The number of allylic oxidation sites excluding steroid dienone is 1. The predicted molar refractivity (Wildman–Crippen MR) is 56.7 cm³/mol. The molecule has 1 aliphatic heterocycles. The van der Waals surface area contributed by atoms with Gasteiger partial charge in [-0.05, 0) is 33.6 Å². The smallest absolute Gasteiger partial charge is 0.0824 e. The summed E-state index contributed by atoms with van der Waals surface area (Å²) in [7, 11) is 0. The number of ether oxygens (including phenoxy) is 1. The van der Waals surface area contributed by atoms with Crippen molar-refractivity contribution in [3.63, 3.8) is 0 Å². The second-order valence-electron chi connectivity index (χ2n) is 3.97. The maximum atomic E-state index is 5.85. The fourth-order valence-corrected chi connectivity index (χ4v) is 1.91. The van der Waals surface area contributed by atoms with E-state index in [9.17, 15) is 0 Å². The predicted octanol–water partition coefficient (Wildman–Crippen LogP) is 3.32. The van der Waals surface area contributed by atoms with Gasteiger partial charge in [-0.1, -0.05) is 24.3 Å². The molecule has 1 saturated heterocycles. The van der Waals surface area contributed by atoms with E-state index in [1.165, 1.54) is 12.0 Å². The van der Waals surface area contributed by atoms with Gasteiger partial charge >= 0.3 is 0 Å². The summed E-state index contributed by atoms with van der Waals surface area (Å²) in [5.41, 5.74) is 1.25. The molecular weight excluding hydrogens is 160 g/mol. The van der Waals surface area contributed by atoms with E-state index in [0.717, 1.165) is 6.42 Å². The zero-order valence-electron chi connectivity index (χ0n) is 8.92. The van der Waals surface area contributed by atoms with Crippen molar-refractivity contribution in [2.45, 2.75) is 45.8 Å². The Labute approximate surface area is 81.5 Å². The van der Waals surface area contributed by atoms with Gasteiger partial charge in [-0.2, -0.15) is 0 Å². The third-order valence-corrected chi connectivity index (χ3v) is 2.69. The summed E-state index contributed by atoms with van der Waals surface area (Å²) >= 11 is 0. The van der Waals surface area contributed by atoms with Gasteiger partial charge in [0.2, 0.25) is 0 Å². The summed E-state index contributed by atoms with van der Waals surface area (Å²) in [6.07, 6.45) is 7.24. The third-order valence-electron chi connectivity index (χ3n) is 2.69. The van der Waals surface area contributed by atoms with Crippen LogP contribution >= 0.6 is 0 Å². The van der Waals surface area contributed by atoms with E-state index in [2.05, 4.69) is 32.6 Å².